The highest BCUT2D eigenvalue weighted by atomic mass is 15.3. The zero-order valence-corrected chi connectivity index (χ0v) is 30.4. The lowest BCUT2D eigenvalue weighted by atomic mass is 10.0. The van der Waals surface area contributed by atoms with Gasteiger partial charge in [-0.2, -0.15) is 0 Å². The number of aromatic nitrogens is 8. The number of imidazole rings is 4. The first-order valence-corrected chi connectivity index (χ1v) is 19.1. The molecule has 57 heavy (non-hydrogen) atoms. The Morgan fingerprint density at radius 1 is 0.316 bits per heavy atom. The Morgan fingerprint density at radius 3 is 1.25 bits per heavy atom. The first-order chi connectivity index (χ1) is 28.3. The maximum absolute atomic E-state index is 5.59. The van der Waals surface area contributed by atoms with Gasteiger partial charge >= 0.3 is 0 Å². The molecular weight excluding hydrogens is 701 g/mol. The quantitative estimate of drug-likeness (QED) is 0.181. The zero-order chi connectivity index (χ0) is 37.2. The molecule has 6 aromatic heterocycles. The van der Waals surface area contributed by atoms with E-state index >= 15 is 0 Å². The van der Waals surface area contributed by atoms with Crippen molar-refractivity contribution in [3.05, 3.63) is 182 Å². The van der Waals surface area contributed by atoms with E-state index < -0.39 is 0 Å². The zero-order valence-electron chi connectivity index (χ0n) is 30.4. The number of rotatable bonds is 4. The number of hydrogen-bond donors (Lipinski definition) is 0. The van der Waals surface area contributed by atoms with Gasteiger partial charge in [-0.1, -0.05) is 103 Å². The topological polar surface area (TPSA) is 62.3 Å². The average molecular weight is 731 g/mol. The van der Waals surface area contributed by atoms with Crippen molar-refractivity contribution < 1.29 is 0 Å². The lowest BCUT2D eigenvalue weighted by Gasteiger charge is -2.17. The number of hydrogen-bond acceptors (Lipinski definition) is 3. The normalized spacial score (nSPS) is 12.2. The minimum Gasteiger partial charge on any atom is -0.309 e. The molecule has 13 rings (SSSR count). The molecule has 0 spiro atoms. The fourth-order valence-corrected chi connectivity index (χ4v) is 9.13. The summed E-state index contributed by atoms with van der Waals surface area (Å²) in [7, 11) is 0. The van der Waals surface area contributed by atoms with Crippen molar-refractivity contribution in [2.24, 2.45) is 0 Å². The lowest BCUT2D eigenvalue weighted by molar-refractivity contribution is 0.983. The largest absolute Gasteiger partial charge is 0.309 e. The molecule has 6 heterocycles. The van der Waals surface area contributed by atoms with E-state index in [1.54, 1.807) is 0 Å². The lowest BCUT2D eigenvalue weighted by Crippen LogP contribution is -2.06. The summed E-state index contributed by atoms with van der Waals surface area (Å²) in [5, 5.41) is 2.44. The average Bonchev–Trinajstić information content (AvgIpc) is 4.06. The molecule has 266 valence electrons. The summed E-state index contributed by atoms with van der Waals surface area (Å²) in [6.07, 6.45) is 0. The van der Waals surface area contributed by atoms with Crippen LogP contribution in [0.1, 0.15) is 0 Å². The first-order valence-electron chi connectivity index (χ1n) is 19.1. The number of para-hydroxylation sites is 11. The van der Waals surface area contributed by atoms with Gasteiger partial charge in [0.25, 0.3) is 0 Å². The standard InChI is InChI=1S/C49H30N8/c1-6-20-37(53-38-21-7-2-16-33(38)34-17-3-8-22-39(34)53)32(15-1)31-29-46(56-44-27-13-11-25-42(44)54-40-23-9-4-18-35(40)50-48(54)56)52-47(30-31)57-45-28-14-12-26-43(45)55-41-24-10-5-19-36(41)51-49(55)57/h1-30H. The van der Waals surface area contributed by atoms with Gasteiger partial charge in [0.2, 0.25) is 11.6 Å². The molecule has 0 amide bonds. The van der Waals surface area contributed by atoms with Crippen molar-refractivity contribution >= 4 is 77.5 Å². The van der Waals surface area contributed by atoms with Gasteiger partial charge in [-0.05, 0) is 84.4 Å². The van der Waals surface area contributed by atoms with E-state index in [0.717, 1.165) is 95.2 Å². The van der Waals surface area contributed by atoms with E-state index in [2.05, 4.69) is 192 Å². The van der Waals surface area contributed by atoms with Crippen LogP contribution < -0.4 is 0 Å². The summed E-state index contributed by atoms with van der Waals surface area (Å²) in [6.45, 7) is 0. The van der Waals surface area contributed by atoms with Gasteiger partial charge in [0.1, 0.15) is 11.6 Å². The second-order valence-corrected chi connectivity index (χ2v) is 14.6. The maximum atomic E-state index is 5.59. The van der Waals surface area contributed by atoms with E-state index in [1.807, 2.05) is 12.1 Å². The summed E-state index contributed by atoms with van der Waals surface area (Å²) in [4.78, 5) is 16.1. The van der Waals surface area contributed by atoms with Crippen LogP contribution in [0.5, 0.6) is 0 Å². The van der Waals surface area contributed by atoms with Crippen LogP contribution in [0.3, 0.4) is 0 Å². The summed E-state index contributed by atoms with van der Waals surface area (Å²) in [6, 6.07) is 64.1. The monoisotopic (exact) mass is 730 g/mol. The van der Waals surface area contributed by atoms with Gasteiger partial charge in [0.15, 0.2) is 0 Å². The minimum atomic E-state index is 0.757. The number of fused-ring (bicyclic) bond motifs is 13. The van der Waals surface area contributed by atoms with Crippen LogP contribution in [0.4, 0.5) is 0 Å². The molecule has 0 saturated heterocycles. The van der Waals surface area contributed by atoms with Crippen molar-refractivity contribution in [2.75, 3.05) is 0 Å². The molecule has 0 aliphatic rings. The van der Waals surface area contributed by atoms with Crippen LogP contribution in [0.15, 0.2) is 182 Å². The molecule has 0 aliphatic carbocycles. The molecular formula is C49H30N8. The van der Waals surface area contributed by atoms with Crippen molar-refractivity contribution in [3.8, 4) is 28.5 Å². The predicted molar refractivity (Wildman–Crippen MR) is 230 cm³/mol. The van der Waals surface area contributed by atoms with E-state index in [1.165, 1.54) is 10.8 Å². The molecule has 0 atom stereocenters. The van der Waals surface area contributed by atoms with Gasteiger partial charge in [-0.3, -0.25) is 17.9 Å². The number of nitrogens with zero attached hydrogens (tertiary/aromatic N) is 8. The highest BCUT2D eigenvalue weighted by molar-refractivity contribution is 6.09. The third kappa shape index (κ3) is 4.13. The van der Waals surface area contributed by atoms with Crippen molar-refractivity contribution in [1.29, 1.82) is 0 Å². The van der Waals surface area contributed by atoms with E-state index in [-0.39, 0.29) is 0 Å². The smallest absolute Gasteiger partial charge is 0.221 e. The molecule has 0 bridgehead atoms. The third-order valence-electron chi connectivity index (χ3n) is 11.5. The second-order valence-electron chi connectivity index (χ2n) is 14.6. The van der Waals surface area contributed by atoms with Gasteiger partial charge in [0.05, 0.1) is 60.9 Å². The second kappa shape index (κ2) is 11.3. The minimum absolute atomic E-state index is 0.757. The Morgan fingerprint density at radius 2 is 0.719 bits per heavy atom. The molecule has 0 aliphatic heterocycles. The van der Waals surface area contributed by atoms with Crippen molar-refractivity contribution in [3.63, 3.8) is 0 Å². The highest BCUT2D eigenvalue weighted by Crippen LogP contribution is 2.39. The Labute approximate surface area is 324 Å². The van der Waals surface area contributed by atoms with Gasteiger partial charge < -0.3 is 4.57 Å². The Bertz CT molecular complexity index is 3560. The Hall–Kier alpha value is -7.97. The molecule has 8 heteroatoms. The van der Waals surface area contributed by atoms with Crippen LogP contribution in [0.25, 0.3) is 106 Å². The number of benzene rings is 7. The fraction of sp³-hybridized carbons (Fsp3) is 0. The fourth-order valence-electron chi connectivity index (χ4n) is 9.13. The molecule has 0 saturated carbocycles. The predicted octanol–water partition coefficient (Wildman–Crippen LogP) is 11.3. The Kier molecular flexibility index (Phi) is 6.01. The first kappa shape index (κ1) is 30.4. The molecule has 8 nitrogen and oxygen atoms in total. The maximum Gasteiger partial charge on any atom is 0.221 e. The summed E-state index contributed by atoms with van der Waals surface area (Å²) in [5.41, 5.74) is 13.6. The van der Waals surface area contributed by atoms with Crippen LogP contribution in [0.2, 0.25) is 0 Å². The molecule has 0 radical (unpaired) electrons. The molecule has 0 unspecified atom stereocenters. The van der Waals surface area contributed by atoms with Crippen LogP contribution in [-0.2, 0) is 0 Å². The van der Waals surface area contributed by atoms with Crippen molar-refractivity contribution in [2.45, 2.75) is 0 Å². The van der Waals surface area contributed by atoms with Crippen molar-refractivity contribution in [1.82, 2.24) is 37.5 Å². The molecule has 0 fully saturated rings. The van der Waals surface area contributed by atoms with Gasteiger partial charge in [-0.25, -0.2) is 15.0 Å². The third-order valence-corrected chi connectivity index (χ3v) is 11.5. The van der Waals surface area contributed by atoms with Gasteiger partial charge in [-0.15, -0.1) is 0 Å². The van der Waals surface area contributed by atoms with E-state index in [4.69, 9.17) is 15.0 Å². The highest BCUT2D eigenvalue weighted by Gasteiger charge is 2.23. The van der Waals surface area contributed by atoms with Gasteiger partial charge in [0, 0.05) is 16.3 Å². The van der Waals surface area contributed by atoms with Crippen LogP contribution >= 0.6 is 0 Å². The Balaban J connectivity index is 1.17. The molecule has 7 aromatic carbocycles. The van der Waals surface area contributed by atoms with Crippen LogP contribution in [0, 0.1) is 0 Å². The summed E-state index contributed by atoms with van der Waals surface area (Å²) < 4.78 is 11.3. The van der Waals surface area contributed by atoms with E-state index in [0.29, 0.717) is 0 Å². The molecule has 13 aromatic rings. The van der Waals surface area contributed by atoms with E-state index in [9.17, 15) is 0 Å². The SMILES string of the molecule is c1ccc(-n2c3ccccc3c3ccccc32)c(-c2cc(-n3c4ccccc4n4c5ccccc5nc34)nc(-n3c4ccccc4n4c5ccccc5nc34)c2)c1. The number of pyridine rings is 1. The van der Waals surface area contributed by atoms with Crippen LogP contribution in [-0.4, -0.2) is 37.5 Å². The molecule has 0 N–H and O–H groups in total. The summed E-state index contributed by atoms with van der Waals surface area (Å²) >= 11 is 0. The summed E-state index contributed by atoms with van der Waals surface area (Å²) in [5.74, 6) is 3.12.